The average molecular weight is 409 g/mol. The van der Waals surface area contributed by atoms with Crippen molar-refractivity contribution < 1.29 is 9.59 Å². The van der Waals surface area contributed by atoms with E-state index < -0.39 is 0 Å². The molecule has 3 heterocycles. The molecule has 0 aliphatic carbocycles. The van der Waals surface area contributed by atoms with Crippen LogP contribution in [0.4, 0.5) is 0 Å². The number of likely N-dealkylation sites (tertiary alicyclic amines) is 1. The Labute approximate surface area is 174 Å². The highest BCUT2D eigenvalue weighted by Crippen LogP contribution is 2.15. The van der Waals surface area contributed by atoms with Gasteiger partial charge < -0.3 is 10.2 Å². The van der Waals surface area contributed by atoms with E-state index in [1.54, 1.807) is 28.4 Å². The Morgan fingerprint density at radius 1 is 1.03 bits per heavy atom. The third-order valence-electron chi connectivity index (χ3n) is 5.11. The van der Waals surface area contributed by atoms with Crippen molar-refractivity contribution in [1.29, 1.82) is 0 Å². The molecule has 2 aromatic heterocycles. The molecule has 2 amide bonds. The Kier molecular flexibility index (Phi) is 6.05. The van der Waals surface area contributed by atoms with Crippen molar-refractivity contribution in [3.63, 3.8) is 0 Å². The van der Waals surface area contributed by atoms with E-state index in [1.165, 1.54) is 6.42 Å². The fourth-order valence-corrected chi connectivity index (χ4v) is 4.13. The quantitative estimate of drug-likeness (QED) is 0.680. The minimum atomic E-state index is 0.0143. The van der Waals surface area contributed by atoms with Crippen molar-refractivity contribution in [2.75, 3.05) is 13.1 Å². The number of hydrogen-bond donors (Lipinski definition) is 1. The lowest BCUT2D eigenvalue weighted by molar-refractivity contribution is -0.120. The summed E-state index contributed by atoms with van der Waals surface area (Å²) >= 11 is 1.59. The van der Waals surface area contributed by atoms with Crippen LogP contribution in [0.15, 0.2) is 53.5 Å². The SMILES string of the molecule is O=C(Cc1ccsc1)NCc1ccc(-n2cc(C(=O)N3CCCCC3)cn2)cc1. The minimum absolute atomic E-state index is 0.0143. The van der Waals surface area contributed by atoms with E-state index in [1.807, 2.05) is 46.0 Å². The summed E-state index contributed by atoms with van der Waals surface area (Å²) in [6, 6.07) is 9.79. The maximum atomic E-state index is 12.6. The van der Waals surface area contributed by atoms with Gasteiger partial charge in [0, 0.05) is 25.8 Å². The Hall–Kier alpha value is -2.93. The lowest BCUT2D eigenvalue weighted by Crippen LogP contribution is -2.35. The highest BCUT2D eigenvalue weighted by atomic mass is 32.1. The number of nitrogens with zero attached hydrogens (tertiary/aromatic N) is 3. The van der Waals surface area contributed by atoms with Crippen molar-refractivity contribution in [3.8, 4) is 5.69 Å². The van der Waals surface area contributed by atoms with Gasteiger partial charge in [-0.25, -0.2) is 4.68 Å². The Balaban J connectivity index is 1.33. The van der Waals surface area contributed by atoms with Crippen LogP contribution in [0, 0.1) is 0 Å². The maximum absolute atomic E-state index is 12.6. The number of thiophene rings is 1. The summed E-state index contributed by atoms with van der Waals surface area (Å²) in [4.78, 5) is 26.5. The lowest BCUT2D eigenvalue weighted by Gasteiger charge is -2.26. The minimum Gasteiger partial charge on any atom is -0.352 e. The number of aromatic nitrogens is 2. The van der Waals surface area contributed by atoms with Gasteiger partial charge in [0.15, 0.2) is 0 Å². The van der Waals surface area contributed by atoms with Crippen molar-refractivity contribution in [2.24, 2.45) is 0 Å². The van der Waals surface area contributed by atoms with Crippen LogP contribution < -0.4 is 5.32 Å². The Morgan fingerprint density at radius 2 is 1.83 bits per heavy atom. The molecule has 3 aromatic rings. The molecule has 0 bridgehead atoms. The van der Waals surface area contributed by atoms with Gasteiger partial charge in [0.25, 0.3) is 5.91 Å². The molecule has 1 aromatic carbocycles. The summed E-state index contributed by atoms with van der Waals surface area (Å²) in [5.41, 5.74) is 3.56. The lowest BCUT2D eigenvalue weighted by atomic mass is 10.1. The van der Waals surface area contributed by atoms with E-state index in [2.05, 4.69) is 10.4 Å². The fraction of sp³-hybridized carbons (Fsp3) is 0.318. The Bertz CT molecular complexity index is 957. The number of piperidine rings is 1. The molecule has 1 aliphatic rings. The molecule has 0 saturated carbocycles. The monoisotopic (exact) mass is 408 g/mol. The molecular weight excluding hydrogens is 384 g/mol. The smallest absolute Gasteiger partial charge is 0.257 e. The molecule has 0 unspecified atom stereocenters. The van der Waals surface area contributed by atoms with E-state index in [-0.39, 0.29) is 11.8 Å². The van der Waals surface area contributed by atoms with E-state index in [0.717, 1.165) is 42.7 Å². The number of amides is 2. The van der Waals surface area contributed by atoms with Crippen molar-refractivity contribution >= 4 is 23.2 Å². The summed E-state index contributed by atoms with van der Waals surface area (Å²) in [7, 11) is 0. The molecule has 1 aliphatic heterocycles. The molecule has 1 fully saturated rings. The van der Waals surface area contributed by atoms with Gasteiger partial charge in [-0.1, -0.05) is 12.1 Å². The summed E-state index contributed by atoms with van der Waals surface area (Å²) < 4.78 is 1.72. The highest BCUT2D eigenvalue weighted by Gasteiger charge is 2.19. The topological polar surface area (TPSA) is 67.2 Å². The molecule has 1 saturated heterocycles. The molecule has 0 atom stereocenters. The van der Waals surface area contributed by atoms with Gasteiger partial charge in [-0.2, -0.15) is 16.4 Å². The van der Waals surface area contributed by atoms with Crippen molar-refractivity contribution in [3.05, 3.63) is 70.2 Å². The average Bonchev–Trinajstić information content (AvgIpc) is 3.45. The summed E-state index contributed by atoms with van der Waals surface area (Å²) in [5, 5.41) is 11.3. The van der Waals surface area contributed by atoms with Crippen LogP contribution in [0.1, 0.15) is 40.7 Å². The molecule has 29 heavy (non-hydrogen) atoms. The molecule has 0 spiro atoms. The number of benzene rings is 1. The predicted octanol–water partition coefficient (Wildman–Crippen LogP) is 3.42. The van der Waals surface area contributed by atoms with Crippen LogP contribution >= 0.6 is 11.3 Å². The highest BCUT2D eigenvalue weighted by molar-refractivity contribution is 7.08. The zero-order chi connectivity index (χ0) is 20.1. The predicted molar refractivity (Wildman–Crippen MR) is 113 cm³/mol. The number of rotatable bonds is 6. The fourth-order valence-electron chi connectivity index (χ4n) is 3.46. The van der Waals surface area contributed by atoms with Crippen LogP contribution in [0.3, 0.4) is 0 Å². The van der Waals surface area contributed by atoms with Crippen molar-refractivity contribution in [2.45, 2.75) is 32.2 Å². The molecule has 6 nitrogen and oxygen atoms in total. The number of nitrogens with one attached hydrogen (secondary N) is 1. The Morgan fingerprint density at radius 3 is 2.55 bits per heavy atom. The number of carbonyl (C=O) groups excluding carboxylic acids is 2. The summed E-state index contributed by atoms with van der Waals surface area (Å²) in [5.74, 6) is 0.0707. The summed E-state index contributed by atoms with van der Waals surface area (Å²) in [6.45, 7) is 2.15. The normalized spacial score (nSPS) is 14.0. The maximum Gasteiger partial charge on any atom is 0.257 e. The molecule has 1 N–H and O–H groups in total. The molecule has 4 rings (SSSR count). The second-order valence-electron chi connectivity index (χ2n) is 7.28. The van der Waals surface area contributed by atoms with Gasteiger partial charge in [0.1, 0.15) is 0 Å². The van der Waals surface area contributed by atoms with E-state index >= 15 is 0 Å². The third-order valence-corrected chi connectivity index (χ3v) is 5.84. The van der Waals surface area contributed by atoms with E-state index in [9.17, 15) is 9.59 Å². The molecular formula is C22H24N4O2S. The summed E-state index contributed by atoms with van der Waals surface area (Å²) in [6.07, 6.45) is 7.17. The van der Waals surface area contributed by atoms with Crippen LogP contribution in [-0.4, -0.2) is 39.6 Å². The zero-order valence-electron chi connectivity index (χ0n) is 16.2. The number of hydrogen-bond acceptors (Lipinski definition) is 4. The van der Waals surface area contributed by atoms with Gasteiger partial charge in [0.2, 0.25) is 5.91 Å². The first kappa shape index (κ1) is 19.4. The second-order valence-corrected chi connectivity index (χ2v) is 8.06. The largest absolute Gasteiger partial charge is 0.352 e. The van der Waals surface area contributed by atoms with Crippen LogP contribution in [0.25, 0.3) is 5.69 Å². The van der Waals surface area contributed by atoms with Crippen molar-refractivity contribution in [1.82, 2.24) is 20.0 Å². The first-order chi connectivity index (χ1) is 14.2. The molecule has 7 heteroatoms. The molecule has 150 valence electrons. The van der Waals surface area contributed by atoms with Gasteiger partial charge >= 0.3 is 0 Å². The number of carbonyl (C=O) groups is 2. The third kappa shape index (κ3) is 4.92. The first-order valence-electron chi connectivity index (χ1n) is 9.90. The molecule has 0 radical (unpaired) electrons. The van der Waals surface area contributed by atoms with Crippen LogP contribution in [-0.2, 0) is 17.8 Å². The van der Waals surface area contributed by atoms with E-state index in [4.69, 9.17) is 0 Å². The van der Waals surface area contributed by atoms with Crippen LogP contribution in [0.5, 0.6) is 0 Å². The van der Waals surface area contributed by atoms with Gasteiger partial charge in [0.05, 0.1) is 23.9 Å². The van der Waals surface area contributed by atoms with Crippen LogP contribution in [0.2, 0.25) is 0 Å². The standard InChI is InChI=1S/C22H24N4O2S/c27-21(12-18-8-11-29-16-18)23-13-17-4-6-20(7-5-17)26-15-19(14-24-26)22(28)25-9-2-1-3-10-25/h4-8,11,14-16H,1-3,9-10,12-13H2,(H,23,27). The van der Waals surface area contributed by atoms with E-state index in [0.29, 0.717) is 18.5 Å². The second kappa shape index (κ2) is 9.05. The first-order valence-corrected chi connectivity index (χ1v) is 10.8. The van der Waals surface area contributed by atoms with Gasteiger partial charge in [-0.05, 0) is 59.3 Å². The zero-order valence-corrected chi connectivity index (χ0v) is 17.0. The van der Waals surface area contributed by atoms with Gasteiger partial charge in [-0.15, -0.1) is 0 Å². The van der Waals surface area contributed by atoms with Gasteiger partial charge in [-0.3, -0.25) is 9.59 Å².